The summed E-state index contributed by atoms with van der Waals surface area (Å²) in [6.45, 7) is 5.67. The van der Waals surface area contributed by atoms with Crippen molar-refractivity contribution < 1.29 is 9.59 Å². The number of thioether (sulfide) groups is 1. The number of aromatic nitrogens is 1. The van der Waals surface area contributed by atoms with Crippen molar-refractivity contribution in [1.82, 2.24) is 9.88 Å². The fraction of sp³-hybridized carbons (Fsp3) is 0.500. The summed E-state index contributed by atoms with van der Waals surface area (Å²) >= 11 is 2.99. The lowest BCUT2D eigenvalue weighted by Gasteiger charge is -2.23. The van der Waals surface area contributed by atoms with Gasteiger partial charge in [-0.1, -0.05) is 13.0 Å². The molecule has 1 aromatic rings. The Balaban J connectivity index is 2.05. The molecule has 1 saturated heterocycles. The third-order valence-corrected chi connectivity index (χ3v) is 5.03. The molecule has 0 aromatic carbocycles. The van der Waals surface area contributed by atoms with Gasteiger partial charge in [0.25, 0.3) is 5.91 Å². The highest BCUT2D eigenvalue weighted by atomic mass is 32.2. The minimum absolute atomic E-state index is 0.0580. The smallest absolute Gasteiger partial charge is 0.250 e. The number of nitrogens with one attached hydrogen (secondary N) is 1. The van der Waals surface area contributed by atoms with Gasteiger partial charge in [0.1, 0.15) is 6.04 Å². The predicted molar refractivity (Wildman–Crippen MR) is 87.5 cm³/mol. The highest BCUT2D eigenvalue weighted by Gasteiger charge is 2.35. The maximum Gasteiger partial charge on any atom is 0.250 e. The molecule has 5 nitrogen and oxygen atoms in total. The molecule has 2 rings (SSSR count). The number of aryl methyl sites for hydroxylation is 1. The molecule has 1 fully saturated rings. The van der Waals surface area contributed by atoms with Crippen LogP contribution in [0.4, 0.5) is 5.13 Å². The van der Waals surface area contributed by atoms with Gasteiger partial charge in [0, 0.05) is 16.7 Å². The van der Waals surface area contributed by atoms with Crippen LogP contribution in [0.1, 0.15) is 26.0 Å². The van der Waals surface area contributed by atoms with E-state index in [-0.39, 0.29) is 11.8 Å². The van der Waals surface area contributed by atoms with Gasteiger partial charge in [-0.25, -0.2) is 4.98 Å². The molecule has 1 N–H and O–H groups in total. The number of carbonyl (C=O) groups is 2. The van der Waals surface area contributed by atoms with Crippen LogP contribution in [0.3, 0.4) is 0 Å². The Morgan fingerprint density at radius 3 is 2.95 bits per heavy atom. The van der Waals surface area contributed by atoms with Crippen molar-refractivity contribution in [3.63, 3.8) is 0 Å². The molecule has 0 radical (unpaired) electrons. The molecule has 1 unspecified atom stereocenters. The maximum absolute atomic E-state index is 12.4. The van der Waals surface area contributed by atoms with Gasteiger partial charge in [-0.3, -0.25) is 9.59 Å². The number of amides is 2. The van der Waals surface area contributed by atoms with E-state index in [1.165, 1.54) is 11.3 Å². The molecule has 1 atom stereocenters. The van der Waals surface area contributed by atoms with Gasteiger partial charge in [0.2, 0.25) is 5.91 Å². The summed E-state index contributed by atoms with van der Waals surface area (Å²) in [4.78, 5) is 30.6. The van der Waals surface area contributed by atoms with Crippen molar-refractivity contribution in [2.45, 2.75) is 33.2 Å². The first-order valence-corrected chi connectivity index (χ1v) is 8.84. The summed E-state index contributed by atoms with van der Waals surface area (Å²) in [5.41, 5.74) is 1.58. The summed E-state index contributed by atoms with van der Waals surface area (Å²) in [5, 5.41) is 5.27. The Kier molecular flexibility index (Phi) is 5.41. The topological polar surface area (TPSA) is 62.3 Å². The van der Waals surface area contributed by atoms with Crippen LogP contribution < -0.4 is 5.32 Å². The number of carbonyl (C=O) groups excluding carboxylic acids is 2. The molecule has 7 heteroatoms. The van der Waals surface area contributed by atoms with E-state index in [9.17, 15) is 9.59 Å². The first-order chi connectivity index (χ1) is 10.0. The fourth-order valence-corrected chi connectivity index (χ4v) is 3.93. The van der Waals surface area contributed by atoms with Crippen LogP contribution in [-0.2, 0) is 9.59 Å². The second-order valence-corrected chi connectivity index (χ2v) is 6.73. The average molecular weight is 325 g/mol. The zero-order valence-electron chi connectivity index (χ0n) is 12.4. The SMILES string of the molecule is CCC=C(C)C(=O)N1CSCC1C(=O)Nc1nc(C)cs1. The van der Waals surface area contributed by atoms with Gasteiger partial charge in [0.05, 0.1) is 11.6 Å². The number of rotatable bonds is 4. The van der Waals surface area contributed by atoms with Gasteiger partial charge >= 0.3 is 0 Å². The van der Waals surface area contributed by atoms with Gasteiger partial charge in [-0.05, 0) is 20.3 Å². The lowest BCUT2D eigenvalue weighted by atomic mass is 10.2. The predicted octanol–water partition coefficient (Wildman–Crippen LogP) is 2.65. The van der Waals surface area contributed by atoms with Crippen molar-refractivity contribution in [1.29, 1.82) is 0 Å². The van der Waals surface area contributed by atoms with E-state index in [0.29, 0.717) is 22.3 Å². The van der Waals surface area contributed by atoms with Crippen molar-refractivity contribution >= 4 is 40.0 Å². The van der Waals surface area contributed by atoms with Crippen LogP contribution in [0.25, 0.3) is 0 Å². The number of nitrogens with zero attached hydrogens (tertiary/aromatic N) is 2. The number of hydrogen-bond donors (Lipinski definition) is 1. The van der Waals surface area contributed by atoms with Crippen molar-refractivity contribution in [2.75, 3.05) is 16.9 Å². The second-order valence-electron chi connectivity index (χ2n) is 4.87. The Hall–Kier alpha value is -1.34. The second kappa shape index (κ2) is 7.09. The highest BCUT2D eigenvalue weighted by molar-refractivity contribution is 7.99. The summed E-state index contributed by atoms with van der Waals surface area (Å²) in [6, 6.07) is -0.424. The number of thiazole rings is 1. The summed E-state index contributed by atoms with van der Waals surface area (Å²) in [6.07, 6.45) is 2.71. The number of anilines is 1. The molecule has 21 heavy (non-hydrogen) atoms. The van der Waals surface area contributed by atoms with Gasteiger partial charge < -0.3 is 10.2 Å². The lowest BCUT2D eigenvalue weighted by Crippen LogP contribution is -2.44. The lowest BCUT2D eigenvalue weighted by molar-refractivity contribution is -0.133. The van der Waals surface area contributed by atoms with Crippen molar-refractivity contribution in [3.05, 3.63) is 22.7 Å². The molecule has 0 spiro atoms. The van der Waals surface area contributed by atoms with E-state index < -0.39 is 6.04 Å². The normalized spacial score (nSPS) is 18.9. The third-order valence-electron chi connectivity index (χ3n) is 3.14. The van der Waals surface area contributed by atoms with Gasteiger partial charge in [0.15, 0.2) is 5.13 Å². The van der Waals surface area contributed by atoms with E-state index >= 15 is 0 Å². The van der Waals surface area contributed by atoms with Crippen LogP contribution in [0.15, 0.2) is 17.0 Å². The largest absolute Gasteiger partial charge is 0.317 e. The van der Waals surface area contributed by atoms with Crippen LogP contribution in [-0.4, -0.2) is 39.4 Å². The molecular weight excluding hydrogens is 306 g/mol. The average Bonchev–Trinajstić information content (AvgIpc) is 3.07. The molecule has 1 aromatic heterocycles. The first-order valence-electron chi connectivity index (χ1n) is 6.81. The van der Waals surface area contributed by atoms with Crippen LogP contribution in [0, 0.1) is 6.92 Å². The van der Waals surface area contributed by atoms with Crippen molar-refractivity contribution in [3.8, 4) is 0 Å². The first kappa shape index (κ1) is 16.0. The Morgan fingerprint density at radius 2 is 2.33 bits per heavy atom. The fourth-order valence-electron chi connectivity index (χ4n) is 2.08. The molecule has 1 aliphatic rings. The summed E-state index contributed by atoms with van der Waals surface area (Å²) in [5.74, 6) is 0.966. The monoisotopic (exact) mass is 325 g/mol. The van der Waals surface area contributed by atoms with E-state index in [2.05, 4.69) is 10.3 Å². The summed E-state index contributed by atoms with van der Waals surface area (Å²) in [7, 11) is 0. The third kappa shape index (κ3) is 3.85. The van der Waals surface area contributed by atoms with Crippen LogP contribution in [0.5, 0.6) is 0 Å². The van der Waals surface area contributed by atoms with Gasteiger partial charge in [-0.2, -0.15) is 0 Å². The van der Waals surface area contributed by atoms with Gasteiger partial charge in [-0.15, -0.1) is 23.1 Å². The van der Waals surface area contributed by atoms with Crippen molar-refractivity contribution in [2.24, 2.45) is 0 Å². The quantitative estimate of drug-likeness (QED) is 0.865. The molecule has 0 saturated carbocycles. The Bertz CT molecular complexity index is 568. The van der Waals surface area contributed by atoms with E-state index in [4.69, 9.17) is 0 Å². The molecule has 2 amide bonds. The molecular formula is C14H19N3O2S2. The number of hydrogen-bond acceptors (Lipinski definition) is 5. The van der Waals surface area contributed by atoms with Crippen LogP contribution >= 0.6 is 23.1 Å². The summed E-state index contributed by atoms with van der Waals surface area (Å²) < 4.78 is 0. The minimum Gasteiger partial charge on any atom is -0.317 e. The Morgan fingerprint density at radius 1 is 1.57 bits per heavy atom. The highest BCUT2D eigenvalue weighted by Crippen LogP contribution is 2.24. The number of allylic oxidation sites excluding steroid dienone is 1. The molecule has 2 heterocycles. The molecule has 0 aliphatic carbocycles. The standard InChI is InChI=1S/C14H19N3O2S2/c1-4-5-9(2)13(19)17-8-20-7-11(17)12(18)16-14-15-10(3)6-21-14/h5-6,11H,4,7-8H2,1-3H3,(H,15,16,18). The maximum atomic E-state index is 12.4. The molecule has 114 valence electrons. The Labute approximate surface area is 132 Å². The molecule has 0 bridgehead atoms. The van der Waals surface area contributed by atoms with E-state index in [1.807, 2.05) is 25.3 Å². The molecule has 1 aliphatic heterocycles. The van der Waals surface area contributed by atoms with E-state index in [0.717, 1.165) is 12.1 Å². The zero-order valence-corrected chi connectivity index (χ0v) is 14.0. The van der Waals surface area contributed by atoms with E-state index in [1.54, 1.807) is 23.6 Å². The zero-order chi connectivity index (χ0) is 15.4. The minimum atomic E-state index is -0.424. The van der Waals surface area contributed by atoms with Crippen LogP contribution in [0.2, 0.25) is 0 Å².